The monoisotopic (exact) mass is 209 g/mol. The van der Waals surface area contributed by atoms with Crippen LogP contribution >= 0.6 is 0 Å². The molecule has 2 N–H and O–H groups in total. The van der Waals surface area contributed by atoms with Gasteiger partial charge in [-0.3, -0.25) is 0 Å². The molecule has 1 fully saturated rings. The van der Waals surface area contributed by atoms with Gasteiger partial charge in [-0.1, -0.05) is 12.1 Å². The molecule has 1 saturated heterocycles. The van der Waals surface area contributed by atoms with Crippen LogP contribution in [0.1, 0.15) is 24.0 Å². The Kier molecular flexibility index (Phi) is 3.34. The van der Waals surface area contributed by atoms with Gasteiger partial charge in [0.1, 0.15) is 5.82 Å². The minimum absolute atomic E-state index is 0.0224. The number of benzene rings is 1. The second-order valence-corrected chi connectivity index (χ2v) is 4.08. The van der Waals surface area contributed by atoms with E-state index < -0.39 is 0 Å². The molecule has 0 saturated carbocycles. The van der Waals surface area contributed by atoms with Crippen molar-refractivity contribution in [2.24, 2.45) is 0 Å². The van der Waals surface area contributed by atoms with Gasteiger partial charge in [-0.25, -0.2) is 4.39 Å². The van der Waals surface area contributed by atoms with Crippen LogP contribution in [0, 0.1) is 5.82 Å². The van der Waals surface area contributed by atoms with Crippen molar-refractivity contribution >= 4 is 0 Å². The van der Waals surface area contributed by atoms with Crippen molar-refractivity contribution < 1.29 is 9.50 Å². The molecule has 2 nitrogen and oxygen atoms in total. The van der Waals surface area contributed by atoms with E-state index in [9.17, 15) is 4.39 Å². The number of rotatable bonds is 3. The van der Waals surface area contributed by atoms with E-state index in [2.05, 4.69) is 5.32 Å². The van der Waals surface area contributed by atoms with E-state index in [0.29, 0.717) is 11.6 Å². The van der Waals surface area contributed by atoms with Crippen molar-refractivity contribution in [3.63, 3.8) is 0 Å². The number of aliphatic hydroxyl groups is 1. The highest BCUT2D eigenvalue weighted by molar-refractivity contribution is 5.25. The quantitative estimate of drug-likeness (QED) is 0.792. The lowest BCUT2D eigenvalue weighted by Crippen LogP contribution is -2.24. The molecule has 3 heteroatoms. The second-order valence-electron chi connectivity index (χ2n) is 4.08. The van der Waals surface area contributed by atoms with E-state index in [0.717, 1.165) is 24.9 Å². The first-order chi connectivity index (χ1) is 7.29. The summed E-state index contributed by atoms with van der Waals surface area (Å²) in [7, 11) is 0. The van der Waals surface area contributed by atoms with E-state index in [4.69, 9.17) is 5.11 Å². The largest absolute Gasteiger partial charge is 0.392 e. The molecule has 0 aliphatic carbocycles. The number of nitrogens with one attached hydrogen (secondary N) is 1. The van der Waals surface area contributed by atoms with Gasteiger partial charge in [0, 0.05) is 6.04 Å². The zero-order valence-corrected chi connectivity index (χ0v) is 8.67. The van der Waals surface area contributed by atoms with Crippen LogP contribution in [0.4, 0.5) is 4.39 Å². The van der Waals surface area contributed by atoms with Crippen molar-refractivity contribution in [3.8, 4) is 0 Å². The third kappa shape index (κ3) is 2.55. The van der Waals surface area contributed by atoms with Crippen molar-refractivity contribution in [1.82, 2.24) is 5.32 Å². The summed E-state index contributed by atoms with van der Waals surface area (Å²) in [6.45, 7) is 1.01. The van der Waals surface area contributed by atoms with Crippen LogP contribution in [0.15, 0.2) is 18.2 Å². The Morgan fingerprint density at radius 1 is 1.47 bits per heavy atom. The molecule has 0 bridgehead atoms. The third-order valence-corrected chi connectivity index (χ3v) is 2.92. The van der Waals surface area contributed by atoms with Gasteiger partial charge in [0.05, 0.1) is 6.61 Å². The fourth-order valence-corrected chi connectivity index (χ4v) is 2.08. The van der Waals surface area contributed by atoms with Crippen molar-refractivity contribution in [1.29, 1.82) is 0 Å². The molecule has 1 unspecified atom stereocenters. The van der Waals surface area contributed by atoms with Crippen LogP contribution < -0.4 is 5.32 Å². The molecular weight excluding hydrogens is 193 g/mol. The van der Waals surface area contributed by atoms with Gasteiger partial charge in [-0.15, -0.1) is 0 Å². The van der Waals surface area contributed by atoms with E-state index in [-0.39, 0.29) is 12.4 Å². The fraction of sp³-hybridized carbons (Fsp3) is 0.500. The Morgan fingerprint density at radius 3 is 3.00 bits per heavy atom. The first-order valence-electron chi connectivity index (χ1n) is 5.41. The number of aliphatic hydroxyl groups excluding tert-OH is 1. The maximum Gasteiger partial charge on any atom is 0.126 e. The van der Waals surface area contributed by atoms with Crippen LogP contribution in [0.5, 0.6) is 0 Å². The molecule has 0 amide bonds. The average Bonchev–Trinajstić information content (AvgIpc) is 2.74. The maximum absolute atomic E-state index is 13.4. The van der Waals surface area contributed by atoms with Gasteiger partial charge in [-0.05, 0) is 43.0 Å². The molecule has 1 atom stereocenters. The van der Waals surface area contributed by atoms with Gasteiger partial charge in [-0.2, -0.15) is 0 Å². The molecule has 1 heterocycles. The molecule has 1 aliphatic rings. The number of hydrogen-bond acceptors (Lipinski definition) is 2. The van der Waals surface area contributed by atoms with E-state index in [1.54, 1.807) is 12.1 Å². The summed E-state index contributed by atoms with van der Waals surface area (Å²) in [5.74, 6) is -0.166. The Morgan fingerprint density at radius 2 is 2.33 bits per heavy atom. The summed E-state index contributed by atoms with van der Waals surface area (Å²) in [4.78, 5) is 0. The molecular formula is C12H16FNO. The van der Waals surface area contributed by atoms with Crippen LogP contribution in [0.25, 0.3) is 0 Å². The summed E-state index contributed by atoms with van der Waals surface area (Å²) in [5, 5.41) is 12.3. The first kappa shape index (κ1) is 10.6. The van der Waals surface area contributed by atoms with Crippen LogP contribution in [-0.2, 0) is 13.0 Å². The molecule has 1 aromatic carbocycles. The van der Waals surface area contributed by atoms with Crippen molar-refractivity contribution in [2.45, 2.75) is 31.9 Å². The van der Waals surface area contributed by atoms with Crippen LogP contribution in [0.3, 0.4) is 0 Å². The molecule has 2 rings (SSSR count). The molecule has 0 radical (unpaired) electrons. The van der Waals surface area contributed by atoms with E-state index >= 15 is 0 Å². The Labute approximate surface area is 89.1 Å². The minimum Gasteiger partial charge on any atom is -0.392 e. The predicted octanol–water partition coefficient (Wildman–Crippen LogP) is 1.61. The van der Waals surface area contributed by atoms with E-state index in [1.165, 1.54) is 12.5 Å². The smallest absolute Gasteiger partial charge is 0.126 e. The number of hydrogen-bond donors (Lipinski definition) is 2. The standard InChI is InChI=1S/C12H16FNO/c13-12-4-3-9(8-15)6-10(12)7-11-2-1-5-14-11/h3-4,6,11,14-15H,1-2,5,7-8H2. The maximum atomic E-state index is 13.4. The number of halogens is 1. The van der Waals surface area contributed by atoms with Crippen molar-refractivity contribution in [2.75, 3.05) is 6.54 Å². The third-order valence-electron chi connectivity index (χ3n) is 2.92. The lowest BCUT2D eigenvalue weighted by atomic mass is 10.0. The van der Waals surface area contributed by atoms with Crippen LogP contribution in [-0.4, -0.2) is 17.7 Å². The lowest BCUT2D eigenvalue weighted by molar-refractivity contribution is 0.281. The molecule has 82 valence electrons. The topological polar surface area (TPSA) is 32.3 Å². The zero-order valence-electron chi connectivity index (χ0n) is 8.67. The normalized spacial score (nSPS) is 20.8. The van der Waals surface area contributed by atoms with Crippen molar-refractivity contribution in [3.05, 3.63) is 35.1 Å². The molecule has 0 aromatic heterocycles. The highest BCUT2D eigenvalue weighted by atomic mass is 19.1. The summed E-state index contributed by atoms with van der Waals surface area (Å²) < 4.78 is 13.4. The Bertz CT molecular complexity index is 334. The highest BCUT2D eigenvalue weighted by Gasteiger charge is 2.16. The molecule has 1 aromatic rings. The highest BCUT2D eigenvalue weighted by Crippen LogP contribution is 2.16. The lowest BCUT2D eigenvalue weighted by Gasteiger charge is -2.11. The van der Waals surface area contributed by atoms with Crippen LogP contribution in [0.2, 0.25) is 0 Å². The molecule has 1 aliphatic heterocycles. The van der Waals surface area contributed by atoms with E-state index in [1.807, 2.05) is 0 Å². The summed E-state index contributed by atoms with van der Waals surface area (Å²) in [6, 6.07) is 5.22. The summed E-state index contributed by atoms with van der Waals surface area (Å²) >= 11 is 0. The van der Waals surface area contributed by atoms with Gasteiger partial charge in [0.25, 0.3) is 0 Å². The fourth-order valence-electron chi connectivity index (χ4n) is 2.08. The minimum atomic E-state index is -0.166. The first-order valence-corrected chi connectivity index (χ1v) is 5.41. The van der Waals surface area contributed by atoms with Gasteiger partial charge < -0.3 is 10.4 Å². The SMILES string of the molecule is OCc1ccc(F)c(CC2CCCN2)c1. The summed E-state index contributed by atoms with van der Waals surface area (Å²) in [6.07, 6.45) is 3.01. The second kappa shape index (κ2) is 4.73. The molecule has 0 spiro atoms. The van der Waals surface area contributed by atoms with Gasteiger partial charge >= 0.3 is 0 Å². The summed E-state index contributed by atoms with van der Waals surface area (Å²) in [5.41, 5.74) is 1.49. The van der Waals surface area contributed by atoms with Gasteiger partial charge in [0.15, 0.2) is 0 Å². The molecule has 15 heavy (non-hydrogen) atoms. The Balaban J connectivity index is 2.11. The Hall–Kier alpha value is -0.930. The zero-order chi connectivity index (χ0) is 10.7. The average molecular weight is 209 g/mol. The predicted molar refractivity (Wildman–Crippen MR) is 57.1 cm³/mol. The van der Waals surface area contributed by atoms with Gasteiger partial charge in [0.2, 0.25) is 0 Å².